The van der Waals surface area contributed by atoms with Crippen LogP contribution in [0.15, 0.2) is 0 Å². The van der Waals surface area contributed by atoms with Crippen LogP contribution < -0.4 is 5.32 Å². The standard InChI is InChI=1S/C13H24N2O3/c1-2-15(10-8-13(17)18)12(16)7-6-11-5-3-4-9-14-11/h11,14H,2-10H2,1H3,(H,17,18). The van der Waals surface area contributed by atoms with Crippen molar-refractivity contribution in [3.63, 3.8) is 0 Å². The minimum atomic E-state index is -0.852. The van der Waals surface area contributed by atoms with Crippen molar-refractivity contribution >= 4 is 11.9 Å². The Morgan fingerprint density at radius 3 is 2.67 bits per heavy atom. The van der Waals surface area contributed by atoms with E-state index in [2.05, 4.69) is 5.32 Å². The van der Waals surface area contributed by atoms with E-state index in [0.29, 0.717) is 25.6 Å². The number of aliphatic carboxylic acids is 1. The monoisotopic (exact) mass is 256 g/mol. The number of carbonyl (C=O) groups is 2. The van der Waals surface area contributed by atoms with Crippen LogP contribution >= 0.6 is 0 Å². The number of carboxylic acid groups (broad SMARTS) is 1. The van der Waals surface area contributed by atoms with E-state index in [-0.39, 0.29) is 12.3 Å². The van der Waals surface area contributed by atoms with Gasteiger partial charge in [0.05, 0.1) is 6.42 Å². The summed E-state index contributed by atoms with van der Waals surface area (Å²) in [6.07, 6.45) is 5.02. The van der Waals surface area contributed by atoms with Crippen LogP contribution in [-0.4, -0.2) is 47.6 Å². The molecule has 1 heterocycles. The van der Waals surface area contributed by atoms with E-state index in [0.717, 1.165) is 19.4 Å². The highest BCUT2D eigenvalue weighted by Crippen LogP contribution is 2.12. The van der Waals surface area contributed by atoms with Crippen molar-refractivity contribution in [3.05, 3.63) is 0 Å². The molecule has 5 nitrogen and oxygen atoms in total. The van der Waals surface area contributed by atoms with Crippen LogP contribution in [0.25, 0.3) is 0 Å². The van der Waals surface area contributed by atoms with Gasteiger partial charge >= 0.3 is 5.97 Å². The molecule has 1 saturated heterocycles. The molecule has 0 aromatic carbocycles. The number of carboxylic acids is 1. The van der Waals surface area contributed by atoms with Crippen molar-refractivity contribution in [1.82, 2.24) is 10.2 Å². The summed E-state index contributed by atoms with van der Waals surface area (Å²) in [7, 11) is 0. The van der Waals surface area contributed by atoms with Gasteiger partial charge in [-0.2, -0.15) is 0 Å². The molecule has 1 aliphatic rings. The average molecular weight is 256 g/mol. The number of piperidine rings is 1. The Balaban J connectivity index is 2.25. The van der Waals surface area contributed by atoms with E-state index in [1.807, 2.05) is 6.92 Å². The van der Waals surface area contributed by atoms with Crippen LogP contribution in [0.4, 0.5) is 0 Å². The molecule has 1 rings (SSSR count). The van der Waals surface area contributed by atoms with E-state index in [1.165, 1.54) is 12.8 Å². The van der Waals surface area contributed by atoms with Crippen molar-refractivity contribution in [1.29, 1.82) is 0 Å². The molecule has 18 heavy (non-hydrogen) atoms. The number of nitrogens with zero attached hydrogens (tertiary/aromatic N) is 1. The largest absolute Gasteiger partial charge is 0.481 e. The van der Waals surface area contributed by atoms with Gasteiger partial charge in [0, 0.05) is 25.6 Å². The van der Waals surface area contributed by atoms with Gasteiger partial charge in [-0.1, -0.05) is 6.42 Å². The highest BCUT2D eigenvalue weighted by Gasteiger charge is 2.17. The Morgan fingerprint density at radius 2 is 2.11 bits per heavy atom. The van der Waals surface area contributed by atoms with Gasteiger partial charge in [-0.3, -0.25) is 9.59 Å². The SMILES string of the molecule is CCN(CCC(=O)O)C(=O)CCC1CCCCN1. The molecule has 0 spiro atoms. The maximum atomic E-state index is 11.9. The topological polar surface area (TPSA) is 69.6 Å². The molecule has 0 bridgehead atoms. The summed E-state index contributed by atoms with van der Waals surface area (Å²) in [5, 5.41) is 12.0. The second-order valence-electron chi connectivity index (χ2n) is 4.80. The Bertz CT molecular complexity index is 275. The van der Waals surface area contributed by atoms with Gasteiger partial charge in [0.2, 0.25) is 5.91 Å². The summed E-state index contributed by atoms with van der Waals surface area (Å²) in [6, 6.07) is 0.459. The van der Waals surface area contributed by atoms with Gasteiger partial charge in [-0.25, -0.2) is 0 Å². The summed E-state index contributed by atoms with van der Waals surface area (Å²) in [6.45, 7) is 3.85. The molecule has 104 valence electrons. The number of carbonyl (C=O) groups excluding carboxylic acids is 1. The van der Waals surface area contributed by atoms with Crippen LogP contribution in [0, 0.1) is 0 Å². The lowest BCUT2D eigenvalue weighted by Gasteiger charge is -2.25. The first-order chi connectivity index (χ1) is 8.63. The molecular weight excluding hydrogens is 232 g/mol. The predicted octanol–water partition coefficient (Wildman–Crippen LogP) is 1.23. The molecular formula is C13H24N2O3. The summed E-state index contributed by atoms with van der Waals surface area (Å²) >= 11 is 0. The zero-order chi connectivity index (χ0) is 13.4. The molecule has 1 amide bonds. The van der Waals surface area contributed by atoms with E-state index in [1.54, 1.807) is 4.90 Å². The third-order valence-electron chi connectivity index (χ3n) is 3.45. The fourth-order valence-electron chi connectivity index (χ4n) is 2.32. The molecule has 1 atom stereocenters. The minimum Gasteiger partial charge on any atom is -0.481 e. The Hall–Kier alpha value is -1.10. The summed E-state index contributed by atoms with van der Waals surface area (Å²) < 4.78 is 0. The second-order valence-corrected chi connectivity index (χ2v) is 4.80. The molecule has 0 saturated carbocycles. The van der Waals surface area contributed by atoms with Gasteiger partial charge in [-0.15, -0.1) is 0 Å². The van der Waals surface area contributed by atoms with Gasteiger partial charge in [0.25, 0.3) is 0 Å². The first-order valence-corrected chi connectivity index (χ1v) is 6.86. The summed E-state index contributed by atoms with van der Waals surface area (Å²) in [5.41, 5.74) is 0. The summed E-state index contributed by atoms with van der Waals surface area (Å²) in [5.74, 6) is -0.777. The van der Waals surface area contributed by atoms with Crippen LogP contribution in [0.3, 0.4) is 0 Å². The molecule has 0 aliphatic carbocycles. The quantitative estimate of drug-likeness (QED) is 0.719. The molecule has 1 fully saturated rings. The third kappa shape index (κ3) is 5.49. The highest BCUT2D eigenvalue weighted by atomic mass is 16.4. The molecule has 1 unspecified atom stereocenters. The van der Waals surface area contributed by atoms with Crippen molar-refractivity contribution < 1.29 is 14.7 Å². The molecule has 0 radical (unpaired) electrons. The second kappa shape index (κ2) is 8.08. The molecule has 0 aromatic rings. The minimum absolute atomic E-state index is 0.0290. The van der Waals surface area contributed by atoms with Crippen LogP contribution in [-0.2, 0) is 9.59 Å². The fourth-order valence-corrected chi connectivity index (χ4v) is 2.32. The van der Waals surface area contributed by atoms with Gasteiger partial charge in [0.15, 0.2) is 0 Å². The lowest BCUT2D eigenvalue weighted by Crippen LogP contribution is -2.37. The zero-order valence-electron chi connectivity index (χ0n) is 11.2. The number of hydrogen-bond acceptors (Lipinski definition) is 3. The number of rotatable bonds is 7. The lowest BCUT2D eigenvalue weighted by molar-refractivity contribution is -0.138. The third-order valence-corrected chi connectivity index (χ3v) is 3.45. The Labute approximate surface area is 109 Å². The normalized spacial score (nSPS) is 19.5. The summed E-state index contributed by atoms with van der Waals surface area (Å²) in [4.78, 5) is 24.1. The van der Waals surface area contributed by atoms with Crippen molar-refractivity contribution in [2.24, 2.45) is 0 Å². The first-order valence-electron chi connectivity index (χ1n) is 6.86. The van der Waals surface area contributed by atoms with E-state index >= 15 is 0 Å². The lowest BCUT2D eigenvalue weighted by atomic mass is 10.0. The molecule has 5 heteroatoms. The van der Waals surface area contributed by atoms with E-state index in [9.17, 15) is 9.59 Å². The van der Waals surface area contributed by atoms with Crippen LogP contribution in [0.2, 0.25) is 0 Å². The van der Waals surface area contributed by atoms with Gasteiger partial charge in [-0.05, 0) is 32.7 Å². The van der Waals surface area contributed by atoms with Gasteiger partial charge < -0.3 is 15.3 Å². The van der Waals surface area contributed by atoms with Crippen molar-refractivity contribution in [3.8, 4) is 0 Å². The fraction of sp³-hybridized carbons (Fsp3) is 0.846. The van der Waals surface area contributed by atoms with Crippen molar-refractivity contribution in [2.75, 3.05) is 19.6 Å². The molecule has 2 N–H and O–H groups in total. The number of amides is 1. The number of hydrogen-bond donors (Lipinski definition) is 2. The van der Waals surface area contributed by atoms with E-state index < -0.39 is 5.97 Å². The predicted molar refractivity (Wildman–Crippen MR) is 69.4 cm³/mol. The van der Waals surface area contributed by atoms with E-state index in [4.69, 9.17) is 5.11 Å². The van der Waals surface area contributed by atoms with Gasteiger partial charge in [0.1, 0.15) is 0 Å². The highest BCUT2D eigenvalue weighted by molar-refractivity contribution is 5.77. The van der Waals surface area contributed by atoms with Crippen LogP contribution in [0.5, 0.6) is 0 Å². The van der Waals surface area contributed by atoms with Crippen LogP contribution in [0.1, 0.15) is 45.4 Å². The molecule has 1 aliphatic heterocycles. The number of nitrogens with one attached hydrogen (secondary N) is 1. The van der Waals surface area contributed by atoms with Crippen molar-refractivity contribution in [2.45, 2.75) is 51.5 Å². The average Bonchev–Trinajstić information content (AvgIpc) is 2.38. The molecule has 0 aromatic heterocycles. The maximum Gasteiger partial charge on any atom is 0.305 e. The zero-order valence-corrected chi connectivity index (χ0v) is 11.2. The Kier molecular flexibility index (Phi) is 6.72. The smallest absolute Gasteiger partial charge is 0.305 e. The Morgan fingerprint density at radius 1 is 1.33 bits per heavy atom. The maximum absolute atomic E-state index is 11.9. The first kappa shape index (κ1) is 15.0.